The van der Waals surface area contributed by atoms with Gasteiger partial charge < -0.3 is 13.8 Å². The Labute approximate surface area is 169 Å². The highest BCUT2D eigenvalue weighted by Crippen LogP contribution is 2.27. The second kappa shape index (κ2) is 8.08. The first-order valence-electron chi connectivity index (χ1n) is 9.25. The van der Waals surface area contributed by atoms with E-state index >= 15 is 0 Å². The predicted octanol–water partition coefficient (Wildman–Crippen LogP) is 3.35. The summed E-state index contributed by atoms with van der Waals surface area (Å²) in [6, 6.07) is 18.1. The topological polar surface area (TPSA) is 85.8 Å². The van der Waals surface area contributed by atoms with E-state index < -0.39 is 21.5 Å². The summed E-state index contributed by atoms with van der Waals surface area (Å²) in [5.41, 5.74) is 1.35. The van der Waals surface area contributed by atoms with E-state index in [1.54, 1.807) is 24.4 Å². The van der Waals surface area contributed by atoms with Gasteiger partial charge in [-0.15, -0.1) is 0 Å². The Bertz CT molecular complexity index is 1110. The highest BCUT2D eigenvalue weighted by atomic mass is 32.2. The molecule has 8 heteroatoms. The van der Waals surface area contributed by atoms with Crippen LogP contribution in [0.1, 0.15) is 12.0 Å². The second-order valence-corrected chi connectivity index (χ2v) is 8.62. The van der Waals surface area contributed by atoms with E-state index in [1.807, 2.05) is 42.5 Å². The van der Waals surface area contributed by atoms with Gasteiger partial charge in [0.1, 0.15) is 17.4 Å². The molecule has 1 aliphatic rings. The number of nitrogens with zero attached hydrogens (tertiary/aromatic N) is 2. The van der Waals surface area contributed by atoms with E-state index in [2.05, 4.69) is 4.98 Å². The Kier molecular flexibility index (Phi) is 5.35. The number of likely N-dealkylation sites (tertiary alicyclic amines) is 1. The molecule has 3 aromatic rings. The number of pyridine rings is 1. The van der Waals surface area contributed by atoms with Gasteiger partial charge in [0.25, 0.3) is 0 Å². The molecule has 29 heavy (non-hydrogen) atoms. The number of benzene rings is 2. The van der Waals surface area contributed by atoms with Crippen LogP contribution in [-0.4, -0.2) is 42.7 Å². The minimum Gasteiger partial charge on any atom is -0.445 e. The Balaban J connectivity index is 1.40. The van der Waals surface area contributed by atoms with E-state index in [0.717, 1.165) is 10.9 Å². The molecule has 1 fully saturated rings. The lowest BCUT2D eigenvalue weighted by molar-refractivity contribution is 0.104. The fraction of sp³-hybridized carbons (Fsp3) is 0.238. The molecule has 4 rings (SSSR count). The van der Waals surface area contributed by atoms with Crippen LogP contribution < -0.4 is 4.18 Å². The second-order valence-electron chi connectivity index (χ2n) is 6.80. The summed E-state index contributed by atoms with van der Waals surface area (Å²) in [7, 11) is -3.93. The Morgan fingerprint density at radius 1 is 1.07 bits per heavy atom. The number of carbonyl (C=O) groups excluding carboxylic acids is 1. The molecule has 7 nitrogen and oxygen atoms in total. The van der Waals surface area contributed by atoms with Gasteiger partial charge in [-0.3, -0.25) is 4.98 Å². The Morgan fingerprint density at radius 2 is 1.86 bits per heavy atom. The molecule has 0 spiro atoms. The molecule has 150 valence electrons. The van der Waals surface area contributed by atoms with E-state index in [-0.39, 0.29) is 18.9 Å². The number of rotatable bonds is 5. The summed E-state index contributed by atoms with van der Waals surface area (Å²) < 4.78 is 36.2. The molecule has 0 aliphatic carbocycles. The molecule has 0 radical (unpaired) electrons. The number of para-hydroxylation sites is 1. The number of amides is 1. The lowest BCUT2D eigenvalue weighted by Gasteiger charge is -2.17. The average Bonchev–Trinajstić information content (AvgIpc) is 3.24. The molecule has 1 aromatic heterocycles. The zero-order valence-electron chi connectivity index (χ0n) is 15.6. The highest BCUT2D eigenvalue weighted by Gasteiger charge is 2.37. The van der Waals surface area contributed by atoms with Gasteiger partial charge >= 0.3 is 16.2 Å². The third-order valence-electron chi connectivity index (χ3n) is 4.82. The number of aromatic nitrogens is 1. The summed E-state index contributed by atoms with van der Waals surface area (Å²) in [6.45, 7) is 0.481. The largest absolute Gasteiger partial charge is 0.445 e. The van der Waals surface area contributed by atoms with Crippen molar-refractivity contribution in [2.45, 2.75) is 18.3 Å². The number of fused-ring (bicyclic) bond motifs is 1. The van der Waals surface area contributed by atoms with E-state index in [9.17, 15) is 13.2 Å². The van der Waals surface area contributed by atoms with Crippen molar-refractivity contribution in [1.82, 2.24) is 9.88 Å². The van der Waals surface area contributed by atoms with Crippen molar-refractivity contribution < 1.29 is 22.1 Å². The number of hydrogen-bond acceptors (Lipinski definition) is 6. The Hall–Kier alpha value is -3.13. The number of hydrogen-bond donors (Lipinski definition) is 0. The first-order valence-corrected chi connectivity index (χ1v) is 10.7. The van der Waals surface area contributed by atoms with Gasteiger partial charge in [0.2, 0.25) is 0 Å². The molecule has 1 saturated heterocycles. The standard InChI is InChI=1S/C21H20N2O5S/c24-21(27-15-16-6-2-1-3-7-16)23-13-11-18(14-23)29(25,26)28-19-10-4-8-17-9-5-12-22-20(17)19/h1-10,12,18H,11,13-15H2/t18-/m0/s1. The van der Waals surface area contributed by atoms with Gasteiger partial charge in [0.05, 0.1) is 0 Å². The van der Waals surface area contributed by atoms with Crippen molar-refractivity contribution in [3.63, 3.8) is 0 Å². The third kappa shape index (κ3) is 4.32. The molecule has 0 N–H and O–H groups in total. The summed E-state index contributed by atoms with van der Waals surface area (Å²) >= 11 is 0. The zero-order valence-corrected chi connectivity index (χ0v) is 16.4. The lowest BCUT2D eigenvalue weighted by atomic mass is 10.2. The van der Waals surface area contributed by atoms with Gasteiger partial charge in [-0.05, 0) is 24.1 Å². The van der Waals surface area contributed by atoms with Gasteiger partial charge in [-0.25, -0.2) is 4.79 Å². The van der Waals surface area contributed by atoms with Crippen LogP contribution in [0.3, 0.4) is 0 Å². The van der Waals surface area contributed by atoms with Gasteiger partial charge in [0, 0.05) is 24.7 Å². The minimum absolute atomic E-state index is 0.0359. The molecule has 0 unspecified atom stereocenters. The maximum absolute atomic E-state index is 12.8. The van der Waals surface area contributed by atoms with Crippen LogP contribution in [0.25, 0.3) is 10.9 Å². The number of ether oxygens (including phenoxy) is 1. The fourth-order valence-corrected chi connectivity index (χ4v) is 4.55. The third-order valence-corrected chi connectivity index (χ3v) is 6.43. The lowest BCUT2D eigenvalue weighted by Crippen LogP contribution is -2.33. The molecular weight excluding hydrogens is 392 g/mol. The van der Waals surface area contributed by atoms with Crippen LogP contribution in [0.15, 0.2) is 66.9 Å². The van der Waals surface area contributed by atoms with Gasteiger partial charge in [0.15, 0.2) is 5.75 Å². The van der Waals surface area contributed by atoms with E-state index in [1.165, 1.54) is 4.90 Å². The zero-order chi connectivity index (χ0) is 20.3. The van der Waals surface area contributed by atoms with E-state index in [4.69, 9.17) is 8.92 Å². The normalized spacial score (nSPS) is 16.7. The van der Waals surface area contributed by atoms with Crippen LogP contribution in [0.2, 0.25) is 0 Å². The van der Waals surface area contributed by atoms with Gasteiger partial charge in [-0.1, -0.05) is 48.5 Å². The summed E-state index contributed by atoms with van der Waals surface area (Å²) in [5, 5.41) is -0.0246. The maximum Gasteiger partial charge on any atom is 0.410 e. The molecule has 2 heterocycles. The summed E-state index contributed by atoms with van der Waals surface area (Å²) in [4.78, 5) is 17.9. The molecule has 0 saturated carbocycles. The van der Waals surface area contributed by atoms with Crippen LogP contribution in [0.4, 0.5) is 4.79 Å². The molecule has 1 atom stereocenters. The SMILES string of the molecule is O=C(OCc1ccccc1)N1CC[C@H](S(=O)(=O)Oc2cccc3cccnc23)C1. The molecule has 1 amide bonds. The van der Waals surface area contributed by atoms with Crippen LogP contribution in [0.5, 0.6) is 5.75 Å². The Morgan fingerprint density at radius 3 is 2.69 bits per heavy atom. The van der Waals surface area contributed by atoms with Crippen LogP contribution >= 0.6 is 0 Å². The quantitative estimate of drug-likeness (QED) is 0.598. The fourth-order valence-electron chi connectivity index (χ4n) is 3.28. The maximum atomic E-state index is 12.8. The first-order chi connectivity index (χ1) is 14.0. The molecule has 0 bridgehead atoms. The van der Waals surface area contributed by atoms with Crippen molar-refractivity contribution in [3.8, 4) is 5.75 Å². The summed E-state index contributed by atoms with van der Waals surface area (Å²) in [5.74, 6) is 0.188. The van der Waals surface area contributed by atoms with Crippen molar-refractivity contribution in [2.24, 2.45) is 0 Å². The van der Waals surface area contributed by atoms with E-state index in [0.29, 0.717) is 18.5 Å². The van der Waals surface area contributed by atoms with Crippen LogP contribution in [-0.2, 0) is 21.5 Å². The molecular formula is C21H20N2O5S. The highest BCUT2D eigenvalue weighted by molar-refractivity contribution is 7.87. The van der Waals surface area contributed by atoms with Gasteiger partial charge in [-0.2, -0.15) is 8.42 Å². The van der Waals surface area contributed by atoms with Crippen molar-refractivity contribution in [2.75, 3.05) is 13.1 Å². The number of carbonyl (C=O) groups is 1. The molecule has 1 aliphatic heterocycles. The predicted molar refractivity (Wildman–Crippen MR) is 108 cm³/mol. The average molecular weight is 412 g/mol. The van der Waals surface area contributed by atoms with Crippen molar-refractivity contribution >= 4 is 27.1 Å². The van der Waals surface area contributed by atoms with Crippen molar-refractivity contribution in [1.29, 1.82) is 0 Å². The molecule has 2 aromatic carbocycles. The smallest absolute Gasteiger partial charge is 0.410 e. The first kappa shape index (κ1) is 19.2. The monoisotopic (exact) mass is 412 g/mol. The van der Waals surface area contributed by atoms with Crippen molar-refractivity contribution in [3.05, 3.63) is 72.4 Å². The summed E-state index contributed by atoms with van der Waals surface area (Å²) in [6.07, 6.45) is 1.35. The minimum atomic E-state index is -3.93. The van der Waals surface area contributed by atoms with Crippen LogP contribution in [0, 0.1) is 0 Å².